The Balaban J connectivity index is 2.25. The van der Waals surface area contributed by atoms with Crippen LogP contribution in [0.1, 0.15) is 6.42 Å². The van der Waals surface area contributed by atoms with Gasteiger partial charge in [-0.25, -0.2) is 13.4 Å². The molecule has 0 spiro atoms. The van der Waals surface area contributed by atoms with Crippen molar-refractivity contribution in [2.75, 3.05) is 25.5 Å². The quantitative estimate of drug-likeness (QED) is 0.788. The van der Waals surface area contributed by atoms with Crippen LogP contribution in [0.5, 0.6) is 0 Å². The van der Waals surface area contributed by atoms with E-state index in [0.29, 0.717) is 18.8 Å². The number of nitrogens with zero attached hydrogens (tertiary/aromatic N) is 2. The molecule has 1 aromatic rings. The molecule has 2 heterocycles. The summed E-state index contributed by atoms with van der Waals surface area (Å²) in [5.74, 6) is 0.616. The molecule has 0 bridgehead atoms. The first-order chi connectivity index (χ1) is 8.04. The van der Waals surface area contributed by atoms with E-state index in [2.05, 4.69) is 10.3 Å². The molecular weight excluding hydrogens is 242 g/mol. The lowest BCUT2D eigenvalue weighted by Crippen LogP contribution is -2.29. The van der Waals surface area contributed by atoms with Gasteiger partial charge in [-0.1, -0.05) is 0 Å². The number of aliphatic hydroxyl groups excluding tert-OH is 1. The van der Waals surface area contributed by atoms with Gasteiger partial charge in [-0.2, -0.15) is 4.31 Å². The van der Waals surface area contributed by atoms with Crippen molar-refractivity contribution in [3.8, 4) is 0 Å². The van der Waals surface area contributed by atoms with Crippen molar-refractivity contribution in [2.24, 2.45) is 0 Å². The van der Waals surface area contributed by atoms with Crippen molar-refractivity contribution < 1.29 is 13.5 Å². The largest absolute Gasteiger partial charge is 0.392 e. The van der Waals surface area contributed by atoms with Gasteiger partial charge in [0.2, 0.25) is 10.0 Å². The minimum Gasteiger partial charge on any atom is -0.392 e. The molecule has 1 fully saturated rings. The maximum absolute atomic E-state index is 12.1. The third-order valence-electron chi connectivity index (χ3n) is 2.76. The molecular formula is C10H15N3O3S. The number of pyridine rings is 1. The van der Waals surface area contributed by atoms with Crippen molar-refractivity contribution >= 4 is 15.8 Å². The number of rotatable bonds is 3. The predicted octanol–water partition coefficient (Wildman–Crippen LogP) is -0.121. The third kappa shape index (κ3) is 2.41. The number of aliphatic hydroxyl groups is 1. The summed E-state index contributed by atoms with van der Waals surface area (Å²) in [7, 11) is -1.80. The summed E-state index contributed by atoms with van der Waals surface area (Å²) in [5, 5.41) is 12.2. The van der Waals surface area contributed by atoms with Crippen LogP contribution < -0.4 is 5.32 Å². The Kier molecular flexibility index (Phi) is 3.32. The van der Waals surface area contributed by atoms with Crippen molar-refractivity contribution in [3.05, 3.63) is 18.3 Å². The topological polar surface area (TPSA) is 82.5 Å². The fourth-order valence-corrected chi connectivity index (χ4v) is 3.20. The molecule has 0 aliphatic carbocycles. The summed E-state index contributed by atoms with van der Waals surface area (Å²) in [6.45, 7) is 0.521. The SMILES string of the molecule is CNc1ccc(S(=O)(=O)N2CCC(O)C2)cn1. The zero-order chi connectivity index (χ0) is 12.5. The van der Waals surface area contributed by atoms with Crippen molar-refractivity contribution in [1.82, 2.24) is 9.29 Å². The Morgan fingerprint density at radius 1 is 1.53 bits per heavy atom. The van der Waals surface area contributed by atoms with Gasteiger partial charge in [0, 0.05) is 26.3 Å². The number of hydrogen-bond donors (Lipinski definition) is 2. The van der Waals surface area contributed by atoms with E-state index in [1.165, 1.54) is 16.6 Å². The van der Waals surface area contributed by atoms with Gasteiger partial charge >= 0.3 is 0 Å². The van der Waals surface area contributed by atoms with E-state index in [4.69, 9.17) is 0 Å². The van der Waals surface area contributed by atoms with Gasteiger partial charge in [-0.05, 0) is 18.6 Å². The Morgan fingerprint density at radius 3 is 2.76 bits per heavy atom. The summed E-state index contributed by atoms with van der Waals surface area (Å²) in [5.41, 5.74) is 0. The Labute approximate surface area is 100 Å². The molecule has 17 heavy (non-hydrogen) atoms. The van der Waals surface area contributed by atoms with Crippen LogP contribution in [-0.4, -0.2) is 49.1 Å². The first kappa shape index (κ1) is 12.3. The monoisotopic (exact) mass is 257 g/mol. The van der Waals surface area contributed by atoms with E-state index in [-0.39, 0.29) is 11.4 Å². The predicted molar refractivity (Wildman–Crippen MR) is 63.2 cm³/mol. The normalized spacial score (nSPS) is 21.6. The highest BCUT2D eigenvalue weighted by molar-refractivity contribution is 7.89. The zero-order valence-corrected chi connectivity index (χ0v) is 10.3. The van der Waals surface area contributed by atoms with Gasteiger partial charge in [-0.3, -0.25) is 0 Å². The fraction of sp³-hybridized carbons (Fsp3) is 0.500. The van der Waals surface area contributed by atoms with Crippen LogP contribution in [0.25, 0.3) is 0 Å². The second-order valence-corrected chi connectivity index (χ2v) is 5.87. The van der Waals surface area contributed by atoms with Crippen LogP contribution >= 0.6 is 0 Å². The van der Waals surface area contributed by atoms with E-state index >= 15 is 0 Å². The molecule has 0 amide bonds. The molecule has 0 radical (unpaired) electrons. The van der Waals surface area contributed by atoms with Crippen LogP contribution in [-0.2, 0) is 10.0 Å². The maximum Gasteiger partial charge on any atom is 0.244 e. The fourth-order valence-electron chi connectivity index (χ4n) is 1.76. The number of hydrogen-bond acceptors (Lipinski definition) is 5. The van der Waals surface area contributed by atoms with Gasteiger partial charge in [0.05, 0.1) is 6.10 Å². The minimum absolute atomic E-state index is 0.158. The van der Waals surface area contributed by atoms with Gasteiger partial charge in [0.15, 0.2) is 0 Å². The summed E-state index contributed by atoms with van der Waals surface area (Å²) >= 11 is 0. The summed E-state index contributed by atoms with van der Waals surface area (Å²) < 4.78 is 25.6. The Bertz CT molecular complexity index is 486. The maximum atomic E-state index is 12.1. The molecule has 1 aromatic heterocycles. The molecule has 1 saturated heterocycles. The highest BCUT2D eigenvalue weighted by Crippen LogP contribution is 2.21. The van der Waals surface area contributed by atoms with Crippen LogP contribution in [0.2, 0.25) is 0 Å². The number of sulfonamides is 1. The standard InChI is InChI=1S/C10H15N3O3S/c1-11-10-3-2-9(6-12-10)17(15,16)13-5-4-8(14)7-13/h2-3,6,8,14H,4-5,7H2,1H3,(H,11,12). The second-order valence-electron chi connectivity index (χ2n) is 3.93. The summed E-state index contributed by atoms with van der Waals surface area (Å²) in [6, 6.07) is 3.12. The highest BCUT2D eigenvalue weighted by atomic mass is 32.2. The molecule has 1 aliphatic heterocycles. The smallest absolute Gasteiger partial charge is 0.244 e. The number of nitrogens with one attached hydrogen (secondary N) is 1. The first-order valence-electron chi connectivity index (χ1n) is 5.36. The molecule has 0 aromatic carbocycles. The average molecular weight is 257 g/mol. The minimum atomic E-state index is -3.51. The van der Waals surface area contributed by atoms with Crippen molar-refractivity contribution in [1.29, 1.82) is 0 Å². The molecule has 7 heteroatoms. The van der Waals surface area contributed by atoms with E-state index in [1.807, 2.05) is 0 Å². The van der Waals surface area contributed by atoms with Crippen molar-refractivity contribution in [3.63, 3.8) is 0 Å². The van der Waals surface area contributed by atoms with Gasteiger partial charge in [0.1, 0.15) is 10.7 Å². The molecule has 2 N–H and O–H groups in total. The van der Waals surface area contributed by atoms with E-state index in [9.17, 15) is 13.5 Å². The van der Waals surface area contributed by atoms with Crippen molar-refractivity contribution in [2.45, 2.75) is 17.4 Å². The van der Waals surface area contributed by atoms with E-state index in [0.717, 1.165) is 0 Å². The highest BCUT2D eigenvalue weighted by Gasteiger charge is 2.31. The van der Waals surface area contributed by atoms with Crippen LogP contribution in [0.15, 0.2) is 23.2 Å². The molecule has 94 valence electrons. The Morgan fingerprint density at radius 2 is 2.29 bits per heavy atom. The van der Waals surface area contributed by atoms with Crippen LogP contribution in [0, 0.1) is 0 Å². The third-order valence-corrected chi connectivity index (χ3v) is 4.61. The van der Waals surface area contributed by atoms with Gasteiger partial charge in [-0.15, -0.1) is 0 Å². The molecule has 1 unspecified atom stereocenters. The Hall–Kier alpha value is -1.18. The number of β-amino-alcohol motifs (C(OH)–C–C–N with tert-alkyl or cyclic N) is 1. The molecule has 1 aliphatic rings. The van der Waals surface area contributed by atoms with E-state index in [1.54, 1.807) is 13.1 Å². The lowest BCUT2D eigenvalue weighted by Gasteiger charge is -2.15. The molecule has 0 saturated carbocycles. The van der Waals surface area contributed by atoms with Crippen LogP contribution in [0.4, 0.5) is 5.82 Å². The average Bonchev–Trinajstić information content (AvgIpc) is 2.77. The molecule has 2 rings (SSSR count). The molecule has 6 nitrogen and oxygen atoms in total. The summed E-state index contributed by atoms with van der Waals surface area (Å²) in [6.07, 6.45) is 1.25. The first-order valence-corrected chi connectivity index (χ1v) is 6.80. The zero-order valence-electron chi connectivity index (χ0n) is 9.50. The number of aromatic nitrogens is 1. The van der Waals surface area contributed by atoms with E-state index < -0.39 is 16.1 Å². The lowest BCUT2D eigenvalue weighted by molar-refractivity contribution is 0.189. The van der Waals surface area contributed by atoms with Gasteiger partial charge < -0.3 is 10.4 Å². The lowest BCUT2D eigenvalue weighted by atomic mass is 10.3. The summed E-state index contributed by atoms with van der Waals surface area (Å²) in [4.78, 5) is 4.13. The van der Waals surface area contributed by atoms with Crippen LogP contribution in [0.3, 0.4) is 0 Å². The second kappa shape index (κ2) is 4.59. The van der Waals surface area contributed by atoms with Gasteiger partial charge in [0.25, 0.3) is 0 Å². The molecule has 1 atom stereocenters. The number of anilines is 1.